The fraction of sp³-hybridized carbons (Fsp3) is 0.143. The molecule has 0 amide bonds. The predicted molar refractivity (Wildman–Crippen MR) is 39.7 cm³/mol. The van der Waals surface area contributed by atoms with E-state index in [4.69, 9.17) is 17.3 Å². The third kappa shape index (κ3) is 1.82. The Balaban J connectivity index is 3.14. The van der Waals surface area contributed by atoms with Crippen molar-refractivity contribution in [2.24, 2.45) is 0 Å². The average Bonchev–Trinajstić information content (AvgIpc) is 1.92. The SMILES string of the molecule is Nc1[c]cc(C(F)(F)F)cc1Cl. The molecule has 65 valence electrons. The van der Waals surface area contributed by atoms with E-state index < -0.39 is 11.7 Å². The van der Waals surface area contributed by atoms with Crippen molar-refractivity contribution < 1.29 is 13.2 Å². The maximum atomic E-state index is 12.0. The van der Waals surface area contributed by atoms with Crippen LogP contribution in [-0.4, -0.2) is 0 Å². The van der Waals surface area contributed by atoms with E-state index in [9.17, 15) is 13.2 Å². The highest BCUT2D eigenvalue weighted by Gasteiger charge is 2.30. The van der Waals surface area contributed by atoms with Crippen LogP contribution in [0, 0.1) is 6.07 Å². The van der Waals surface area contributed by atoms with E-state index >= 15 is 0 Å². The van der Waals surface area contributed by atoms with Gasteiger partial charge in [-0.05, 0) is 12.1 Å². The summed E-state index contributed by atoms with van der Waals surface area (Å²) >= 11 is 5.36. The first-order valence-corrected chi connectivity index (χ1v) is 3.33. The van der Waals surface area contributed by atoms with Gasteiger partial charge in [-0.1, -0.05) is 11.6 Å². The Hall–Kier alpha value is -0.900. The van der Waals surface area contributed by atoms with Crippen LogP contribution in [0.4, 0.5) is 18.9 Å². The van der Waals surface area contributed by atoms with Crippen LogP contribution in [0.1, 0.15) is 5.56 Å². The number of hydrogen-bond donors (Lipinski definition) is 1. The summed E-state index contributed by atoms with van der Waals surface area (Å²) in [5.41, 5.74) is 4.35. The zero-order valence-corrected chi connectivity index (χ0v) is 6.50. The molecule has 0 aliphatic carbocycles. The number of nitrogens with two attached hydrogens (primary N) is 1. The van der Waals surface area contributed by atoms with Gasteiger partial charge in [0, 0.05) is 6.07 Å². The van der Waals surface area contributed by atoms with E-state index in [0.717, 1.165) is 12.1 Å². The Morgan fingerprint density at radius 2 is 2.00 bits per heavy atom. The lowest BCUT2D eigenvalue weighted by molar-refractivity contribution is -0.137. The van der Waals surface area contributed by atoms with Gasteiger partial charge in [0.15, 0.2) is 0 Å². The highest BCUT2D eigenvalue weighted by atomic mass is 35.5. The van der Waals surface area contributed by atoms with Crippen LogP contribution >= 0.6 is 11.6 Å². The molecule has 2 N–H and O–H groups in total. The number of alkyl halides is 3. The smallest absolute Gasteiger partial charge is 0.397 e. The molecule has 0 aromatic heterocycles. The van der Waals surface area contributed by atoms with E-state index in [1.807, 2.05) is 0 Å². The van der Waals surface area contributed by atoms with Gasteiger partial charge in [-0.2, -0.15) is 13.2 Å². The molecule has 0 bridgehead atoms. The van der Waals surface area contributed by atoms with Crippen LogP contribution in [0.3, 0.4) is 0 Å². The van der Waals surface area contributed by atoms with Gasteiger partial charge in [-0.15, -0.1) is 0 Å². The molecule has 0 aliphatic rings. The second kappa shape index (κ2) is 2.86. The fourth-order valence-electron chi connectivity index (χ4n) is 0.644. The van der Waals surface area contributed by atoms with Gasteiger partial charge in [-0.25, -0.2) is 0 Å². The number of benzene rings is 1. The van der Waals surface area contributed by atoms with Crippen molar-refractivity contribution >= 4 is 17.3 Å². The molecule has 1 aromatic carbocycles. The highest BCUT2D eigenvalue weighted by molar-refractivity contribution is 6.33. The van der Waals surface area contributed by atoms with Gasteiger partial charge in [0.25, 0.3) is 0 Å². The Kier molecular flexibility index (Phi) is 2.19. The molecule has 0 spiro atoms. The summed E-state index contributed by atoms with van der Waals surface area (Å²) < 4.78 is 35.9. The van der Waals surface area contributed by atoms with Gasteiger partial charge < -0.3 is 5.73 Å². The molecule has 1 nitrogen and oxygen atoms in total. The molecule has 5 heteroatoms. The number of nitrogen functional groups attached to an aromatic ring is 1. The normalized spacial score (nSPS) is 11.7. The lowest BCUT2D eigenvalue weighted by atomic mass is 10.2. The van der Waals surface area contributed by atoms with Gasteiger partial charge in [0.2, 0.25) is 0 Å². The molecular weight excluding hydrogens is 191 g/mol. The summed E-state index contributed by atoms with van der Waals surface area (Å²) in [4.78, 5) is 0. The predicted octanol–water partition coefficient (Wildman–Crippen LogP) is 2.74. The van der Waals surface area contributed by atoms with Crippen molar-refractivity contribution in [2.75, 3.05) is 5.73 Å². The lowest BCUT2D eigenvalue weighted by Gasteiger charge is -2.06. The van der Waals surface area contributed by atoms with Crippen molar-refractivity contribution in [3.05, 3.63) is 28.8 Å². The molecule has 0 saturated heterocycles. The number of halogens is 4. The summed E-state index contributed by atoms with van der Waals surface area (Å²) in [6.07, 6.45) is -4.39. The number of hydrogen-bond acceptors (Lipinski definition) is 1. The Morgan fingerprint density at radius 1 is 1.42 bits per heavy atom. The van der Waals surface area contributed by atoms with Crippen molar-refractivity contribution in [1.29, 1.82) is 0 Å². The number of rotatable bonds is 0. The van der Waals surface area contributed by atoms with Crippen LogP contribution in [-0.2, 0) is 6.18 Å². The molecule has 0 atom stereocenters. The van der Waals surface area contributed by atoms with Gasteiger partial charge >= 0.3 is 6.18 Å². The van der Waals surface area contributed by atoms with Gasteiger partial charge in [0.05, 0.1) is 16.3 Å². The monoisotopic (exact) mass is 194 g/mol. The lowest BCUT2D eigenvalue weighted by Crippen LogP contribution is -2.05. The third-order valence-corrected chi connectivity index (χ3v) is 1.56. The molecule has 0 aliphatic heterocycles. The Labute approximate surface area is 71.9 Å². The zero-order chi connectivity index (χ0) is 9.35. The quantitative estimate of drug-likeness (QED) is 0.632. The standard InChI is InChI=1S/C7H4ClF3N/c8-5-3-4(7(9,10)11)1-2-6(5)12/h1,3H,12H2. The first-order valence-electron chi connectivity index (χ1n) is 2.95. The molecule has 0 saturated carbocycles. The van der Waals surface area contributed by atoms with Crippen molar-refractivity contribution in [1.82, 2.24) is 0 Å². The van der Waals surface area contributed by atoms with E-state index in [1.54, 1.807) is 0 Å². The minimum Gasteiger partial charge on any atom is -0.397 e. The summed E-state index contributed by atoms with van der Waals surface area (Å²) in [7, 11) is 0. The van der Waals surface area contributed by atoms with Crippen molar-refractivity contribution in [3.8, 4) is 0 Å². The number of anilines is 1. The molecule has 0 unspecified atom stereocenters. The van der Waals surface area contributed by atoms with E-state index in [0.29, 0.717) is 0 Å². The van der Waals surface area contributed by atoms with E-state index in [1.165, 1.54) is 0 Å². The summed E-state index contributed by atoms with van der Waals surface area (Å²) in [5, 5.41) is -0.134. The largest absolute Gasteiger partial charge is 0.416 e. The van der Waals surface area contributed by atoms with Crippen LogP contribution in [0.5, 0.6) is 0 Å². The zero-order valence-electron chi connectivity index (χ0n) is 5.74. The topological polar surface area (TPSA) is 26.0 Å². The molecular formula is C7H4ClF3N. The second-order valence-corrected chi connectivity index (χ2v) is 2.55. The Bertz CT molecular complexity index is 295. The molecule has 1 rings (SSSR count). The molecule has 1 aromatic rings. The van der Waals surface area contributed by atoms with Gasteiger partial charge in [-0.3, -0.25) is 0 Å². The minimum absolute atomic E-state index is 0.0182. The fourth-order valence-corrected chi connectivity index (χ4v) is 0.816. The van der Waals surface area contributed by atoms with E-state index in [2.05, 4.69) is 6.07 Å². The Morgan fingerprint density at radius 3 is 2.42 bits per heavy atom. The maximum absolute atomic E-state index is 12.0. The van der Waals surface area contributed by atoms with Crippen molar-refractivity contribution in [2.45, 2.75) is 6.18 Å². The van der Waals surface area contributed by atoms with Crippen LogP contribution in [0.25, 0.3) is 0 Å². The maximum Gasteiger partial charge on any atom is 0.416 e. The summed E-state index contributed by atoms with van der Waals surface area (Å²) in [6.45, 7) is 0. The molecule has 1 radical (unpaired) electrons. The molecule has 0 fully saturated rings. The third-order valence-electron chi connectivity index (χ3n) is 1.25. The first-order chi connectivity index (χ1) is 5.41. The molecule has 12 heavy (non-hydrogen) atoms. The van der Waals surface area contributed by atoms with Crippen LogP contribution < -0.4 is 5.73 Å². The van der Waals surface area contributed by atoms with E-state index in [-0.39, 0.29) is 10.7 Å². The van der Waals surface area contributed by atoms with Crippen LogP contribution in [0.2, 0.25) is 5.02 Å². The van der Waals surface area contributed by atoms with Crippen LogP contribution in [0.15, 0.2) is 12.1 Å². The summed E-state index contributed by atoms with van der Waals surface area (Å²) in [6, 6.07) is 3.74. The molecule has 0 heterocycles. The highest BCUT2D eigenvalue weighted by Crippen LogP contribution is 2.32. The summed E-state index contributed by atoms with van der Waals surface area (Å²) in [5.74, 6) is 0. The first kappa shape index (κ1) is 9.19. The second-order valence-electron chi connectivity index (χ2n) is 2.15. The average molecular weight is 195 g/mol. The van der Waals surface area contributed by atoms with Gasteiger partial charge in [0.1, 0.15) is 0 Å². The minimum atomic E-state index is -4.39. The van der Waals surface area contributed by atoms with Crippen molar-refractivity contribution in [3.63, 3.8) is 0 Å².